The van der Waals surface area contributed by atoms with Gasteiger partial charge in [0.05, 0.1) is 16.7 Å². The van der Waals surface area contributed by atoms with Crippen molar-refractivity contribution in [3.05, 3.63) is 44.4 Å². The van der Waals surface area contributed by atoms with Crippen LogP contribution in [0, 0.1) is 17.0 Å². The van der Waals surface area contributed by atoms with Gasteiger partial charge in [-0.05, 0) is 13.0 Å². The van der Waals surface area contributed by atoms with Gasteiger partial charge in [0.25, 0.3) is 5.69 Å². The van der Waals surface area contributed by atoms with Crippen molar-refractivity contribution in [3.63, 3.8) is 0 Å². The zero-order chi connectivity index (χ0) is 13.1. The number of nitrogens with zero attached hydrogens (tertiary/aromatic N) is 2. The molecule has 0 aliphatic carbocycles. The number of nitrogens with two attached hydrogens (primary N) is 1. The van der Waals surface area contributed by atoms with Gasteiger partial charge >= 0.3 is 0 Å². The van der Waals surface area contributed by atoms with Gasteiger partial charge in [0.15, 0.2) is 0 Å². The molecule has 0 saturated carbocycles. The van der Waals surface area contributed by atoms with Crippen LogP contribution in [0.25, 0.3) is 0 Å². The molecule has 2 rings (SSSR count). The van der Waals surface area contributed by atoms with E-state index in [-0.39, 0.29) is 12.3 Å². The highest BCUT2D eigenvalue weighted by Crippen LogP contribution is 2.27. The molecule has 0 amide bonds. The molecule has 0 aliphatic heterocycles. The Morgan fingerprint density at radius 3 is 2.94 bits per heavy atom. The summed E-state index contributed by atoms with van der Waals surface area (Å²) in [6, 6.07) is 4.12. The third kappa shape index (κ3) is 2.75. The third-order valence-corrected chi connectivity index (χ3v) is 3.17. The highest BCUT2D eigenvalue weighted by atomic mass is 32.1. The van der Waals surface area contributed by atoms with E-state index in [9.17, 15) is 10.1 Å². The van der Waals surface area contributed by atoms with Gasteiger partial charge in [-0.15, -0.1) is 11.3 Å². The number of nitro benzene ring substituents is 1. The number of benzene rings is 1. The molecule has 0 unspecified atom stereocenters. The Hall–Kier alpha value is -2.15. The first-order chi connectivity index (χ1) is 8.56. The molecule has 0 bridgehead atoms. The number of ether oxygens (including phenoxy) is 1. The summed E-state index contributed by atoms with van der Waals surface area (Å²) in [6.45, 7) is 2.14. The second-order valence-electron chi connectivity index (χ2n) is 3.65. The molecule has 1 heterocycles. The minimum atomic E-state index is -0.486. The Labute approximate surface area is 107 Å². The quantitative estimate of drug-likeness (QED) is 0.521. The van der Waals surface area contributed by atoms with E-state index in [1.54, 1.807) is 0 Å². The van der Waals surface area contributed by atoms with E-state index in [4.69, 9.17) is 10.5 Å². The zero-order valence-corrected chi connectivity index (χ0v) is 10.4. The number of aromatic nitrogens is 1. The van der Waals surface area contributed by atoms with Crippen molar-refractivity contribution >= 4 is 22.7 Å². The fraction of sp³-hybridized carbons (Fsp3) is 0.182. The average Bonchev–Trinajstić information content (AvgIpc) is 2.74. The van der Waals surface area contributed by atoms with E-state index in [1.165, 1.54) is 29.5 Å². The molecule has 0 spiro atoms. The molecular weight excluding hydrogens is 254 g/mol. The zero-order valence-electron chi connectivity index (χ0n) is 9.62. The van der Waals surface area contributed by atoms with Crippen LogP contribution in [0.2, 0.25) is 0 Å². The number of nitro groups is 1. The molecular formula is C11H11N3O3S. The maximum Gasteiger partial charge on any atom is 0.273 e. The van der Waals surface area contributed by atoms with Crippen LogP contribution >= 0.6 is 11.3 Å². The van der Waals surface area contributed by atoms with Crippen molar-refractivity contribution in [2.24, 2.45) is 0 Å². The van der Waals surface area contributed by atoms with E-state index in [1.807, 2.05) is 12.3 Å². The van der Waals surface area contributed by atoms with Crippen LogP contribution in [0.4, 0.5) is 11.4 Å². The summed E-state index contributed by atoms with van der Waals surface area (Å²) >= 11 is 1.47. The predicted molar refractivity (Wildman–Crippen MR) is 68.7 cm³/mol. The summed E-state index contributed by atoms with van der Waals surface area (Å²) in [5.74, 6) is 0.303. The smallest absolute Gasteiger partial charge is 0.273 e. The van der Waals surface area contributed by atoms with Gasteiger partial charge in [0.1, 0.15) is 17.4 Å². The summed E-state index contributed by atoms with van der Waals surface area (Å²) in [5.41, 5.74) is 6.94. The van der Waals surface area contributed by atoms with Crippen molar-refractivity contribution < 1.29 is 9.66 Å². The lowest BCUT2D eigenvalue weighted by Gasteiger charge is -2.06. The molecule has 0 atom stereocenters. The molecule has 0 fully saturated rings. The molecule has 1 aromatic carbocycles. The molecule has 1 aromatic heterocycles. The van der Waals surface area contributed by atoms with Crippen LogP contribution in [-0.2, 0) is 6.61 Å². The number of aryl methyl sites for hydroxylation is 1. The number of hydrogen-bond donors (Lipinski definition) is 1. The average molecular weight is 265 g/mol. The lowest BCUT2D eigenvalue weighted by molar-refractivity contribution is -0.384. The van der Waals surface area contributed by atoms with Crippen LogP contribution in [0.1, 0.15) is 10.7 Å². The van der Waals surface area contributed by atoms with Gasteiger partial charge in [-0.1, -0.05) is 0 Å². The molecule has 0 radical (unpaired) electrons. The van der Waals surface area contributed by atoms with Gasteiger partial charge < -0.3 is 10.5 Å². The third-order valence-electron chi connectivity index (χ3n) is 2.23. The van der Waals surface area contributed by atoms with Gasteiger partial charge in [0.2, 0.25) is 0 Å². The van der Waals surface area contributed by atoms with E-state index in [0.717, 1.165) is 10.7 Å². The van der Waals surface area contributed by atoms with Crippen molar-refractivity contribution in [1.82, 2.24) is 4.98 Å². The Kier molecular flexibility index (Phi) is 3.42. The number of rotatable bonds is 4. The van der Waals surface area contributed by atoms with Gasteiger partial charge in [-0.3, -0.25) is 10.1 Å². The maximum atomic E-state index is 10.6. The molecule has 0 saturated heterocycles. The van der Waals surface area contributed by atoms with E-state index < -0.39 is 4.92 Å². The second kappa shape index (κ2) is 5.01. The van der Waals surface area contributed by atoms with Crippen LogP contribution in [0.5, 0.6) is 5.75 Å². The Bertz CT molecular complexity index is 583. The predicted octanol–water partition coefficient (Wildman–Crippen LogP) is 2.52. The molecule has 2 aromatic rings. The highest BCUT2D eigenvalue weighted by Gasteiger charge is 2.10. The molecule has 0 aliphatic rings. The van der Waals surface area contributed by atoms with Gasteiger partial charge in [-0.25, -0.2) is 4.98 Å². The van der Waals surface area contributed by atoms with Gasteiger partial charge in [-0.2, -0.15) is 0 Å². The van der Waals surface area contributed by atoms with E-state index in [2.05, 4.69) is 4.98 Å². The SMILES string of the molecule is Cc1csc(COc2cc([N+](=O)[O-])ccc2N)n1. The first kappa shape index (κ1) is 12.3. The first-order valence-electron chi connectivity index (χ1n) is 5.14. The fourth-order valence-corrected chi connectivity index (χ4v) is 2.05. The fourth-order valence-electron chi connectivity index (χ4n) is 1.37. The summed E-state index contributed by atoms with van der Waals surface area (Å²) in [6.07, 6.45) is 0. The number of hydrogen-bond acceptors (Lipinski definition) is 6. The minimum Gasteiger partial charge on any atom is -0.484 e. The first-order valence-corrected chi connectivity index (χ1v) is 6.02. The molecule has 6 nitrogen and oxygen atoms in total. The Morgan fingerprint density at radius 1 is 1.56 bits per heavy atom. The maximum absolute atomic E-state index is 10.6. The second-order valence-corrected chi connectivity index (χ2v) is 4.59. The monoisotopic (exact) mass is 265 g/mol. The largest absolute Gasteiger partial charge is 0.484 e. The van der Waals surface area contributed by atoms with Crippen LogP contribution in [0.15, 0.2) is 23.6 Å². The lowest BCUT2D eigenvalue weighted by Crippen LogP contribution is -1.99. The number of thiazole rings is 1. The topological polar surface area (TPSA) is 91.3 Å². The molecule has 7 heteroatoms. The highest BCUT2D eigenvalue weighted by molar-refractivity contribution is 7.09. The lowest BCUT2D eigenvalue weighted by atomic mass is 10.2. The van der Waals surface area contributed by atoms with Crippen LogP contribution in [-0.4, -0.2) is 9.91 Å². The summed E-state index contributed by atoms with van der Waals surface area (Å²) in [4.78, 5) is 14.4. The van der Waals surface area contributed by atoms with Crippen LogP contribution < -0.4 is 10.5 Å². The van der Waals surface area contributed by atoms with E-state index in [0.29, 0.717) is 11.4 Å². The summed E-state index contributed by atoms with van der Waals surface area (Å²) in [5, 5.41) is 13.4. The minimum absolute atomic E-state index is 0.0467. The van der Waals surface area contributed by atoms with Crippen molar-refractivity contribution in [2.75, 3.05) is 5.73 Å². The van der Waals surface area contributed by atoms with Crippen molar-refractivity contribution in [2.45, 2.75) is 13.5 Å². The van der Waals surface area contributed by atoms with E-state index >= 15 is 0 Å². The van der Waals surface area contributed by atoms with Crippen LogP contribution in [0.3, 0.4) is 0 Å². The summed E-state index contributed by atoms with van der Waals surface area (Å²) < 4.78 is 5.45. The van der Waals surface area contributed by atoms with Crippen molar-refractivity contribution in [3.8, 4) is 5.75 Å². The van der Waals surface area contributed by atoms with Gasteiger partial charge in [0, 0.05) is 17.1 Å². The molecule has 94 valence electrons. The summed E-state index contributed by atoms with van der Waals surface area (Å²) in [7, 11) is 0. The molecule has 2 N–H and O–H groups in total. The van der Waals surface area contributed by atoms with Crippen molar-refractivity contribution in [1.29, 1.82) is 0 Å². The number of non-ortho nitro benzene ring substituents is 1. The molecule has 18 heavy (non-hydrogen) atoms. The Balaban J connectivity index is 2.13. The standard InChI is InChI=1S/C11H11N3O3S/c1-7-6-18-11(13-7)5-17-10-4-8(14(15)16)2-3-9(10)12/h2-4,6H,5,12H2,1H3. The Morgan fingerprint density at radius 2 is 2.33 bits per heavy atom. The number of nitrogen functional groups attached to an aromatic ring is 1. The normalized spacial score (nSPS) is 10.3. The number of anilines is 1.